The van der Waals surface area contributed by atoms with Crippen molar-refractivity contribution >= 4 is 0 Å². The summed E-state index contributed by atoms with van der Waals surface area (Å²) in [6.07, 6.45) is 36.6. The molecule has 172 valence electrons. The van der Waals surface area contributed by atoms with Gasteiger partial charge >= 0.3 is 0 Å². The average molecular weight is 405 g/mol. The quantitative estimate of drug-likeness (QED) is 0.111. The van der Waals surface area contributed by atoms with E-state index in [-0.39, 0.29) is 0 Å². The van der Waals surface area contributed by atoms with Crippen LogP contribution in [0.15, 0.2) is 12.2 Å². The highest BCUT2D eigenvalue weighted by Gasteiger charge is 2.07. The Morgan fingerprint density at radius 1 is 0.483 bits per heavy atom. The molecule has 0 rings (SSSR count). The van der Waals surface area contributed by atoms with Crippen LogP contribution in [0, 0.1) is 19.8 Å². The number of unbranched alkanes of at least 4 members (excludes halogenated alkanes) is 16. The maximum Gasteiger partial charge on any atom is -0.0351 e. The van der Waals surface area contributed by atoms with E-state index < -0.39 is 0 Å². The summed E-state index contributed by atoms with van der Waals surface area (Å²) in [5, 5.41) is 0. The maximum atomic E-state index is 3.99. The molecular weight excluding hydrogens is 348 g/mol. The molecule has 0 fully saturated rings. The molecule has 0 spiro atoms. The Morgan fingerprint density at radius 3 is 1.41 bits per heavy atom. The Hall–Kier alpha value is -0.260. The topological polar surface area (TPSA) is 0 Å². The second-order valence-corrected chi connectivity index (χ2v) is 9.29. The molecule has 0 aliphatic carbocycles. The zero-order valence-corrected chi connectivity index (χ0v) is 20.4. The van der Waals surface area contributed by atoms with Crippen LogP contribution in [-0.2, 0) is 0 Å². The van der Waals surface area contributed by atoms with Crippen LogP contribution >= 0.6 is 0 Å². The molecule has 0 aromatic rings. The summed E-state index contributed by atoms with van der Waals surface area (Å²) in [7, 11) is 0. The summed E-state index contributed by atoms with van der Waals surface area (Å²) < 4.78 is 0. The van der Waals surface area contributed by atoms with Crippen molar-refractivity contribution in [3.8, 4) is 0 Å². The van der Waals surface area contributed by atoms with Gasteiger partial charge in [-0.15, -0.1) is 0 Å². The Morgan fingerprint density at radius 2 is 0.897 bits per heavy atom. The lowest BCUT2D eigenvalue weighted by Crippen LogP contribution is -2.01. The molecule has 0 nitrogen and oxygen atoms in total. The Kier molecular flexibility index (Phi) is 25.5. The van der Waals surface area contributed by atoms with Gasteiger partial charge in [0, 0.05) is 0 Å². The minimum atomic E-state index is 1.01. The molecule has 0 heteroatoms. The molecule has 29 heavy (non-hydrogen) atoms. The first-order chi connectivity index (χ1) is 14.3. The third kappa shape index (κ3) is 23.9. The fourth-order valence-electron chi connectivity index (χ4n) is 4.32. The number of hydrogen-bond acceptors (Lipinski definition) is 0. The average Bonchev–Trinajstić information content (AvgIpc) is 2.73. The summed E-state index contributed by atoms with van der Waals surface area (Å²) in [5.41, 5.74) is 0. The largest absolute Gasteiger partial charge is 0.0885 e. The fraction of sp³-hybridized carbons (Fsp3) is 0.862. The number of allylic oxidation sites excluding steroid dienone is 2. The van der Waals surface area contributed by atoms with E-state index in [9.17, 15) is 0 Å². The number of rotatable bonds is 24. The highest BCUT2D eigenvalue weighted by Crippen LogP contribution is 2.23. The number of hydrogen-bond donors (Lipinski definition) is 0. The minimum absolute atomic E-state index is 1.01. The lowest BCUT2D eigenvalue weighted by Gasteiger charge is -2.16. The molecule has 0 aromatic heterocycles. The van der Waals surface area contributed by atoms with Crippen molar-refractivity contribution in [2.24, 2.45) is 5.92 Å². The SMILES string of the molecule is [CH2]CCC/C=C/CCCCCCCCCCCCCC(CCCC)CCCC[CH2]. The minimum Gasteiger partial charge on any atom is -0.0885 e. The molecule has 0 bridgehead atoms. The Balaban J connectivity index is 3.33. The smallest absolute Gasteiger partial charge is 0.0351 e. The van der Waals surface area contributed by atoms with Gasteiger partial charge in [-0.2, -0.15) is 0 Å². The van der Waals surface area contributed by atoms with Crippen molar-refractivity contribution in [1.82, 2.24) is 0 Å². The molecule has 1 unspecified atom stereocenters. The summed E-state index contributed by atoms with van der Waals surface area (Å²) in [5.74, 6) is 1.01. The van der Waals surface area contributed by atoms with Crippen LogP contribution in [0.25, 0.3) is 0 Å². The molecule has 0 saturated heterocycles. The maximum absolute atomic E-state index is 3.99. The van der Waals surface area contributed by atoms with E-state index in [4.69, 9.17) is 0 Å². The first-order valence-corrected chi connectivity index (χ1v) is 13.6. The van der Waals surface area contributed by atoms with Gasteiger partial charge < -0.3 is 0 Å². The lowest BCUT2D eigenvalue weighted by molar-refractivity contribution is 0.374. The molecule has 0 saturated carbocycles. The molecule has 0 aromatic carbocycles. The van der Waals surface area contributed by atoms with E-state index in [2.05, 4.69) is 32.9 Å². The normalized spacial score (nSPS) is 12.8. The molecular formula is C29H56. The fourth-order valence-corrected chi connectivity index (χ4v) is 4.32. The van der Waals surface area contributed by atoms with Crippen molar-refractivity contribution in [1.29, 1.82) is 0 Å². The van der Waals surface area contributed by atoms with Gasteiger partial charge in [-0.25, -0.2) is 0 Å². The lowest BCUT2D eigenvalue weighted by atomic mass is 9.90. The van der Waals surface area contributed by atoms with Gasteiger partial charge in [-0.05, 0) is 31.6 Å². The first-order valence-electron chi connectivity index (χ1n) is 13.6. The van der Waals surface area contributed by atoms with Crippen LogP contribution in [0.5, 0.6) is 0 Å². The van der Waals surface area contributed by atoms with Gasteiger partial charge in [0.15, 0.2) is 0 Å². The second-order valence-electron chi connectivity index (χ2n) is 9.29. The molecule has 2 radical (unpaired) electrons. The van der Waals surface area contributed by atoms with Crippen molar-refractivity contribution < 1.29 is 0 Å². The highest BCUT2D eigenvalue weighted by molar-refractivity contribution is 4.81. The van der Waals surface area contributed by atoms with E-state index in [1.54, 1.807) is 0 Å². The van der Waals surface area contributed by atoms with Crippen molar-refractivity contribution in [3.05, 3.63) is 26.0 Å². The zero-order chi connectivity index (χ0) is 21.3. The van der Waals surface area contributed by atoms with Gasteiger partial charge in [-0.1, -0.05) is 155 Å². The van der Waals surface area contributed by atoms with Gasteiger partial charge in [-0.3, -0.25) is 0 Å². The summed E-state index contributed by atoms with van der Waals surface area (Å²) >= 11 is 0. The third-order valence-electron chi connectivity index (χ3n) is 6.35. The van der Waals surface area contributed by atoms with Crippen LogP contribution in [0.2, 0.25) is 0 Å². The van der Waals surface area contributed by atoms with Crippen LogP contribution in [0.4, 0.5) is 0 Å². The van der Waals surface area contributed by atoms with Crippen molar-refractivity contribution in [2.45, 2.75) is 155 Å². The molecule has 0 aliphatic rings. The third-order valence-corrected chi connectivity index (χ3v) is 6.35. The van der Waals surface area contributed by atoms with Crippen molar-refractivity contribution in [3.63, 3.8) is 0 Å². The molecule has 0 heterocycles. The first kappa shape index (κ1) is 28.7. The van der Waals surface area contributed by atoms with E-state index in [0.717, 1.165) is 18.8 Å². The molecule has 1 atom stereocenters. The monoisotopic (exact) mass is 404 g/mol. The van der Waals surface area contributed by atoms with E-state index in [1.165, 1.54) is 135 Å². The summed E-state index contributed by atoms with van der Waals surface area (Å²) in [6, 6.07) is 0. The predicted molar refractivity (Wildman–Crippen MR) is 135 cm³/mol. The summed E-state index contributed by atoms with van der Waals surface area (Å²) in [6.45, 7) is 10.2. The zero-order valence-electron chi connectivity index (χ0n) is 20.4. The summed E-state index contributed by atoms with van der Waals surface area (Å²) in [4.78, 5) is 0. The van der Waals surface area contributed by atoms with Crippen LogP contribution < -0.4 is 0 Å². The van der Waals surface area contributed by atoms with Gasteiger partial charge in [0.1, 0.15) is 0 Å². The second kappa shape index (κ2) is 25.8. The molecule has 0 N–H and O–H groups in total. The van der Waals surface area contributed by atoms with Crippen LogP contribution in [0.1, 0.15) is 155 Å². The van der Waals surface area contributed by atoms with E-state index in [1.807, 2.05) is 0 Å². The van der Waals surface area contributed by atoms with E-state index in [0.29, 0.717) is 0 Å². The predicted octanol–water partition coefficient (Wildman–Crippen LogP) is 10.8. The van der Waals surface area contributed by atoms with Crippen molar-refractivity contribution in [2.75, 3.05) is 0 Å². The van der Waals surface area contributed by atoms with Crippen LogP contribution in [-0.4, -0.2) is 0 Å². The van der Waals surface area contributed by atoms with Crippen LogP contribution in [0.3, 0.4) is 0 Å². The highest BCUT2D eigenvalue weighted by atomic mass is 14.1. The van der Waals surface area contributed by atoms with Gasteiger partial charge in [0.05, 0.1) is 0 Å². The molecule has 0 aliphatic heterocycles. The standard InChI is InChI=1S/C29H56/c1-4-7-10-11-12-13-14-15-16-17-18-19-20-21-22-23-25-28-29(26-9-6-3)27-24-8-5-2/h11-12,29H,1-2,4-10,13-28H2,3H3/b12-11+. The van der Waals surface area contributed by atoms with Gasteiger partial charge in [0.25, 0.3) is 0 Å². The van der Waals surface area contributed by atoms with Gasteiger partial charge in [0.2, 0.25) is 0 Å². The Bertz CT molecular complexity index is 303. The van der Waals surface area contributed by atoms with E-state index >= 15 is 0 Å². The molecule has 0 amide bonds. The Labute approximate surface area is 186 Å².